The van der Waals surface area contributed by atoms with Crippen LogP contribution in [0.1, 0.15) is 73.2 Å². The molecule has 218 valence electrons. The molecule has 2 heterocycles. The van der Waals surface area contributed by atoms with E-state index in [2.05, 4.69) is 44.1 Å². The van der Waals surface area contributed by atoms with Crippen molar-refractivity contribution in [3.63, 3.8) is 0 Å². The van der Waals surface area contributed by atoms with Gasteiger partial charge in [0.2, 0.25) is 0 Å². The average Bonchev–Trinajstić information content (AvgIpc) is 3.65. The zero-order valence-corrected chi connectivity index (χ0v) is 24.0. The fourth-order valence-corrected chi connectivity index (χ4v) is 5.04. The van der Waals surface area contributed by atoms with Gasteiger partial charge in [-0.1, -0.05) is 38.1 Å². The maximum atomic E-state index is 13.9. The van der Waals surface area contributed by atoms with Crippen LogP contribution in [0.2, 0.25) is 0 Å². The van der Waals surface area contributed by atoms with Gasteiger partial charge in [-0.25, -0.2) is 4.68 Å². The third-order valence-corrected chi connectivity index (χ3v) is 7.62. The summed E-state index contributed by atoms with van der Waals surface area (Å²) in [6.07, 6.45) is -1.95. The van der Waals surface area contributed by atoms with Crippen LogP contribution in [0.15, 0.2) is 42.7 Å². The van der Waals surface area contributed by atoms with Crippen LogP contribution in [-0.4, -0.2) is 32.7 Å². The summed E-state index contributed by atoms with van der Waals surface area (Å²) in [6.45, 7) is 8.42. The van der Waals surface area contributed by atoms with Gasteiger partial charge >= 0.3 is 6.18 Å². The second kappa shape index (κ2) is 10.6. The average molecular weight is 584 g/mol. The second-order valence-electron chi connectivity index (χ2n) is 11.9. The Bertz CT molecular complexity index is 1840. The first-order chi connectivity index (χ1) is 20.3. The van der Waals surface area contributed by atoms with E-state index in [0.29, 0.717) is 51.1 Å². The predicted molar refractivity (Wildman–Crippen MR) is 154 cm³/mol. The van der Waals surface area contributed by atoms with E-state index in [1.807, 2.05) is 20.8 Å². The summed E-state index contributed by atoms with van der Waals surface area (Å²) in [5, 5.41) is 44.7. The highest BCUT2D eigenvalue weighted by Gasteiger charge is 2.66. The Morgan fingerprint density at radius 2 is 1.72 bits per heavy atom. The van der Waals surface area contributed by atoms with E-state index in [9.17, 15) is 29.0 Å². The van der Waals surface area contributed by atoms with E-state index in [0.717, 1.165) is 4.68 Å². The number of nitrogens with zero attached hydrogens (tertiary/aromatic N) is 7. The molecular weight excluding hydrogens is 555 g/mol. The third-order valence-electron chi connectivity index (χ3n) is 7.62. The number of nitrogens with one attached hydrogen (secondary N) is 2. The van der Waals surface area contributed by atoms with Gasteiger partial charge in [0.05, 0.1) is 46.2 Å². The number of fused-ring (bicyclic) bond motifs is 1. The summed E-state index contributed by atoms with van der Waals surface area (Å²) in [4.78, 5) is 4.38. The van der Waals surface area contributed by atoms with Crippen LogP contribution in [0.4, 0.5) is 24.5 Å². The molecule has 9 nitrogen and oxygen atoms in total. The van der Waals surface area contributed by atoms with Crippen molar-refractivity contribution in [3.8, 4) is 18.2 Å². The maximum absolute atomic E-state index is 13.9. The number of rotatable bonds is 7. The van der Waals surface area contributed by atoms with Crippen LogP contribution in [0.25, 0.3) is 10.9 Å². The lowest BCUT2D eigenvalue weighted by molar-refractivity contribution is -0.182. The van der Waals surface area contributed by atoms with Gasteiger partial charge < -0.3 is 10.6 Å². The second-order valence-corrected chi connectivity index (χ2v) is 11.9. The van der Waals surface area contributed by atoms with Crippen molar-refractivity contribution in [3.05, 3.63) is 76.2 Å². The minimum Gasteiger partial charge on any atom is -0.383 e. The molecule has 0 bridgehead atoms. The Hall–Kier alpha value is -5.15. The third kappa shape index (κ3) is 5.42. The Morgan fingerprint density at radius 3 is 2.33 bits per heavy atom. The normalized spacial score (nSPS) is 14.8. The highest BCUT2D eigenvalue weighted by Crippen LogP contribution is 2.55. The van der Waals surface area contributed by atoms with E-state index >= 15 is 0 Å². The van der Waals surface area contributed by atoms with Gasteiger partial charge in [-0.3, -0.25) is 4.98 Å². The first-order valence-electron chi connectivity index (χ1n) is 13.6. The number of pyridine rings is 1. The molecule has 1 atom stereocenters. The molecule has 1 fully saturated rings. The lowest BCUT2D eigenvalue weighted by Crippen LogP contribution is -2.35. The molecule has 1 aliphatic rings. The minimum absolute atomic E-state index is 0.0882. The molecule has 0 unspecified atom stereocenters. The van der Waals surface area contributed by atoms with E-state index < -0.39 is 17.8 Å². The zero-order chi connectivity index (χ0) is 31.2. The van der Waals surface area contributed by atoms with Crippen LogP contribution >= 0.6 is 0 Å². The molecule has 2 N–H and O–H groups in total. The Balaban J connectivity index is 1.66. The fraction of sp³-hybridized carbons (Fsp3) is 0.355. The van der Waals surface area contributed by atoms with E-state index in [-0.39, 0.29) is 29.5 Å². The van der Waals surface area contributed by atoms with Crippen LogP contribution in [-0.2, 0) is 5.54 Å². The van der Waals surface area contributed by atoms with Crippen molar-refractivity contribution in [2.75, 3.05) is 17.2 Å². The fourth-order valence-electron chi connectivity index (χ4n) is 5.04. The van der Waals surface area contributed by atoms with Gasteiger partial charge in [0.25, 0.3) is 0 Å². The molecule has 5 rings (SSSR count). The topological polar surface area (TPSA) is 139 Å². The first kappa shape index (κ1) is 29.3. The molecule has 2 aromatic heterocycles. The van der Waals surface area contributed by atoms with Crippen LogP contribution in [0, 0.1) is 46.3 Å². The largest absolute Gasteiger partial charge is 0.413 e. The summed E-state index contributed by atoms with van der Waals surface area (Å²) in [5.41, 5.74) is 1.54. The molecule has 12 heteroatoms. The first-order valence-corrected chi connectivity index (χ1v) is 13.6. The zero-order valence-electron chi connectivity index (χ0n) is 24.0. The van der Waals surface area contributed by atoms with Gasteiger partial charge in [0, 0.05) is 23.8 Å². The highest BCUT2D eigenvalue weighted by atomic mass is 19.4. The number of alkyl halides is 3. The number of benzene rings is 2. The number of aromatic nitrogens is 4. The lowest BCUT2D eigenvalue weighted by Gasteiger charge is -2.23. The molecule has 43 heavy (non-hydrogen) atoms. The maximum Gasteiger partial charge on any atom is 0.413 e. The SMILES string of the molecule is Cc1c(C#N)cccc1[C@H](Nc1cc(C#N)c2ncc(C#N)c(NCC(C)(C)C)c2c1)c1cn(C2(C(F)(F)F)CC2)nn1. The molecule has 0 amide bonds. The van der Waals surface area contributed by atoms with Crippen LogP contribution < -0.4 is 10.6 Å². The summed E-state index contributed by atoms with van der Waals surface area (Å²) in [6, 6.07) is 14.1. The number of halogens is 3. The monoisotopic (exact) mass is 583 g/mol. The number of anilines is 2. The van der Waals surface area contributed by atoms with Crippen molar-refractivity contribution < 1.29 is 13.2 Å². The Morgan fingerprint density at radius 1 is 1.02 bits per heavy atom. The number of hydrogen-bond acceptors (Lipinski definition) is 8. The van der Waals surface area contributed by atoms with Crippen molar-refractivity contribution >= 4 is 22.3 Å². The van der Waals surface area contributed by atoms with Gasteiger partial charge in [-0.2, -0.15) is 29.0 Å². The minimum atomic E-state index is -4.49. The van der Waals surface area contributed by atoms with Gasteiger partial charge in [-0.05, 0) is 54.5 Å². The predicted octanol–water partition coefficient (Wildman–Crippen LogP) is 6.46. The van der Waals surface area contributed by atoms with E-state index in [4.69, 9.17) is 0 Å². The summed E-state index contributed by atoms with van der Waals surface area (Å²) in [5.74, 6) is 0. The smallest absolute Gasteiger partial charge is 0.383 e. The molecule has 4 aromatic rings. The van der Waals surface area contributed by atoms with E-state index in [1.54, 1.807) is 37.3 Å². The quantitative estimate of drug-likeness (QED) is 0.253. The van der Waals surface area contributed by atoms with E-state index in [1.165, 1.54) is 12.4 Å². The molecular formula is C31H28F3N9. The molecule has 1 saturated carbocycles. The summed E-state index contributed by atoms with van der Waals surface area (Å²) in [7, 11) is 0. The van der Waals surface area contributed by atoms with Crippen molar-refractivity contribution in [1.29, 1.82) is 15.8 Å². The molecule has 2 aromatic carbocycles. The van der Waals surface area contributed by atoms with Crippen molar-refractivity contribution in [2.24, 2.45) is 5.41 Å². The summed E-state index contributed by atoms with van der Waals surface area (Å²) < 4.78 is 42.5. The molecule has 0 radical (unpaired) electrons. The number of hydrogen-bond donors (Lipinski definition) is 2. The van der Waals surface area contributed by atoms with Crippen LogP contribution in [0.5, 0.6) is 0 Å². The Kier molecular flexibility index (Phi) is 7.23. The molecule has 0 aliphatic heterocycles. The summed E-state index contributed by atoms with van der Waals surface area (Å²) >= 11 is 0. The Labute approximate surface area is 246 Å². The van der Waals surface area contributed by atoms with Crippen molar-refractivity contribution in [2.45, 2.75) is 58.3 Å². The molecule has 0 saturated heterocycles. The van der Waals surface area contributed by atoms with Crippen molar-refractivity contribution in [1.82, 2.24) is 20.0 Å². The lowest BCUT2D eigenvalue weighted by atomic mass is 9.94. The molecule has 1 aliphatic carbocycles. The molecule has 0 spiro atoms. The number of nitriles is 3. The van der Waals surface area contributed by atoms with Gasteiger partial charge in [0.15, 0.2) is 5.54 Å². The standard InChI is InChI=1S/C31H28F3N9/c1-18-19(12-35)6-5-7-23(18)28(25-16-43(42-41-25)30(8-9-30)31(32,33)34)40-22-10-20(13-36)26-24(11-22)27(21(14-37)15-38-26)39-17-29(2,3)4/h5-7,10-11,15-16,28,40H,8-9,17H2,1-4H3,(H,38,39)/t28-/m0/s1. The van der Waals surface area contributed by atoms with Crippen LogP contribution in [0.3, 0.4) is 0 Å². The van der Waals surface area contributed by atoms with Gasteiger partial charge in [-0.15, -0.1) is 5.10 Å². The van der Waals surface area contributed by atoms with Gasteiger partial charge in [0.1, 0.15) is 17.8 Å². The highest BCUT2D eigenvalue weighted by molar-refractivity contribution is 5.99.